The normalized spacial score (nSPS) is 10.3. The Morgan fingerprint density at radius 3 is 2.62 bits per heavy atom. The second kappa shape index (κ2) is 6.62. The van der Waals surface area contributed by atoms with Crippen molar-refractivity contribution in [2.24, 2.45) is 0 Å². The molecule has 0 aliphatic heterocycles. The van der Waals surface area contributed by atoms with E-state index in [1.807, 2.05) is 6.92 Å². The lowest BCUT2D eigenvalue weighted by Gasteiger charge is -2.11. The second-order valence-corrected chi connectivity index (χ2v) is 5.07. The average Bonchev–Trinajstić information content (AvgIpc) is 2.43. The molecule has 0 radical (unpaired) electrons. The van der Waals surface area contributed by atoms with E-state index in [1.54, 1.807) is 6.07 Å². The van der Waals surface area contributed by atoms with Gasteiger partial charge in [0.25, 0.3) is 5.91 Å². The summed E-state index contributed by atoms with van der Waals surface area (Å²) in [7, 11) is 0. The van der Waals surface area contributed by atoms with Gasteiger partial charge in [0, 0.05) is 23.4 Å². The standard InChI is InChI=1S/C14H12BrF2N3O/c1-2-19-12-3-4-18-7-9(12)14(21)20-13-10(16)5-8(15)6-11(13)17/h3-7H,2H2,1H3,(H,18,19)(H,20,21). The molecule has 1 aromatic heterocycles. The van der Waals surface area contributed by atoms with Gasteiger partial charge < -0.3 is 10.6 Å². The van der Waals surface area contributed by atoms with E-state index in [4.69, 9.17) is 0 Å². The monoisotopic (exact) mass is 355 g/mol. The molecule has 0 aliphatic carbocycles. The highest BCUT2D eigenvalue weighted by molar-refractivity contribution is 9.10. The summed E-state index contributed by atoms with van der Waals surface area (Å²) in [4.78, 5) is 16.0. The average molecular weight is 356 g/mol. The van der Waals surface area contributed by atoms with Gasteiger partial charge in [0.2, 0.25) is 0 Å². The van der Waals surface area contributed by atoms with Crippen LogP contribution in [0, 0.1) is 11.6 Å². The van der Waals surface area contributed by atoms with Crippen LogP contribution in [0.2, 0.25) is 0 Å². The minimum absolute atomic E-state index is 0.209. The third kappa shape index (κ3) is 3.55. The number of rotatable bonds is 4. The number of nitrogens with one attached hydrogen (secondary N) is 2. The molecule has 0 bridgehead atoms. The minimum atomic E-state index is -0.857. The number of carbonyl (C=O) groups excluding carboxylic acids is 1. The van der Waals surface area contributed by atoms with E-state index in [1.165, 1.54) is 12.4 Å². The number of anilines is 2. The third-order valence-corrected chi connectivity index (χ3v) is 3.14. The summed E-state index contributed by atoms with van der Waals surface area (Å²) in [5, 5.41) is 5.22. The summed E-state index contributed by atoms with van der Waals surface area (Å²) in [5.41, 5.74) is 0.262. The van der Waals surface area contributed by atoms with Gasteiger partial charge in [0.1, 0.15) is 5.69 Å². The molecular weight excluding hydrogens is 344 g/mol. The van der Waals surface area contributed by atoms with Crippen LogP contribution in [0.3, 0.4) is 0 Å². The molecule has 7 heteroatoms. The number of benzene rings is 1. The van der Waals surface area contributed by atoms with Crippen LogP contribution >= 0.6 is 15.9 Å². The lowest BCUT2D eigenvalue weighted by molar-refractivity contribution is 0.102. The Bertz CT molecular complexity index is 656. The van der Waals surface area contributed by atoms with Gasteiger partial charge in [-0.15, -0.1) is 0 Å². The third-order valence-electron chi connectivity index (χ3n) is 2.68. The first-order valence-electron chi connectivity index (χ1n) is 6.16. The van der Waals surface area contributed by atoms with E-state index >= 15 is 0 Å². The molecule has 21 heavy (non-hydrogen) atoms. The van der Waals surface area contributed by atoms with Crippen LogP contribution in [0.4, 0.5) is 20.2 Å². The largest absolute Gasteiger partial charge is 0.385 e. The lowest BCUT2D eigenvalue weighted by atomic mass is 10.2. The van der Waals surface area contributed by atoms with Crippen molar-refractivity contribution in [2.75, 3.05) is 17.2 Å². The number of aromatic nitrogens is 1. The Balaban J connectivity index is 2.31. The van der Waals surface area contributed by atoms with Gasteiger partial charge in [-0.05, 0) is 25.1 Å². The number of amides is 1. The zero-order chi connectivity index (χ0) is 15.4. The Morgan fingerprint density at radius 2 is 2.00 bits per heavy atom. The fraction of sp³-hybridized carbons (Fsp3) is 0.143. The summed E-state index contributed by atoms with van der Waals surface area (Å²) >= 11 is 2.98. The number of carbonyl (C=O) groups is 1. The van der Waals surface area contributed by atoms with Crippen molar-refractivity contribution in [3.05, 3.63) is 52.3 Å². The molecule has 110 valence electrons. The van der Waals surface area contributed by atoms with Crippen molar-refractivity contribution in [2.45, 2.75) is 6.92 Å². The lowest BCUT2D eigenvalue weighted by Crippen LogP contribution is -2.17. The second-order valence-electron chi connectivity index (χ2n) is 4.15. The molecule has 0 unspecified atom stereocenters. The van der Waals surface area contributed by atoms with Crippen LogP contribution in [-0.4, -0.2) is 17.4 Å². The van der Waals surface area contributed by atoms with Crippen LogP contribution in [0.1, 0.15) is 17.3 Å². The van der Waals surface area contributed by atoms with E-state index in [0.717, 1.165) is 12.1 Å². The molecule has 0 atom stereocenters. The Labute approximate surface area is 128 Å². The molecule has 0 fully saturated rings. The first-order valence-corrected chi connectivity index (χ1v) is 6.96. The summed E-state index contributed by atoms with van der Waals surface area (Å²) in [5.74, 6) is -2.35. The molecule has 0 aliphatic rings. The quantitative estimate of drug-likeness (QED) is 0.876. The smallest absolute Gasteiger partial charge is 0.259 e. The fourth-order valence-electron chi connectivity index (χ4n) is 1.76. The summed E-state index contributed by atoms with van der Waals surface area (Å²) in [6.45, 7) is 2.47. The highest BCUT2D eigenvalue weighted by Crippen LogP contribution is 2.25. The molecule has 2 N–H and O–H groups in total. The van der Waals surface area contributed by atoms with E-state index in [9.17, 15) is 13.6 Å². The first kappa shape index (κ1) is 15.4. The summed E-state index contributed by atoms with van der Waals surface area (Å²) in [6.07, 6.45) is 2.86. The van der Waals surface area contributed by atoms with Crippen LogP contribution in [0.25, 0.3) is 0 Å². The van der Waals surface area contributed by atoms with Crippen LogP contribution < -0.4 is 10.6 Å². The fourth-order valence-corrected chi connectivity index (χ4v) is 2.16. The zero-order valence-electron chi connectivity index (χ0n) is 11.1. The van der Waals surface area contributed by atoms with Crippen molar-refractivity contribution in [3.63, 3.8) is 0 Å². The van der Waals surface area contributed by atoms with Crippen LogP contribution in [0.15, 0.2) is 35.1 Å². The highest BCUT2D eigenvalue weighted by Gasteiger charge is 2.17. The number of nitrogens with zero attached hydrogens (tertiary/aromatic N) is 1. The summed E-state index contributed by atoms with van der Waals surface area (Å²) in [6, 6.07) is 3.77. The first-order chi connectivity index (χ1) is 10.0. The molecule has 0 saturated carbocycles. The topological polar surface area (TPSA) is 54.0 Å². The van der Waals surface area contributed by atoms with Crippen molar-refractivity contribution in [1.29, 1.82) is 0 Å². The van der Waals surface area contributed by atoms with Gasteiger partial charge >= 0.3 is 0 Å². The maximum atomic E-state index is 13.7. The van der Waals surface area contributed by atoms with Gasteiger partial charge in [-0.3, -0.25) is 9.78 Å². The Hall–Kier alpha value is -2.02. The van der Waals surface area contributed by atoms with Gasteiger partial charge in [-0.25, -0.2) is 8.78 Å². The van der Waals surface area contributed by atoms with E-state index < -0.39 is 23.2 Å². The van der Waals surface area contributed by atoms with Gasteiger partial charge in [0.05, 0.1) is 11.3 Å². The molecule has 1 amide bonds. The van der Waals surface area contributed by atoms with Crippen LogP contribution in [-0.2, 0) is 0 Å². The van der Waals surface area contributed by atoms with E-state index in [0.29, 0.717) is 12.2 Å². The van der Waals surface area contributed by atoms with Gasteiger partial charge in [-0.2, -0.15) is 0 Å². The molecule has 4 nitrogen and oxygen atoms in total. The predicted molar refractivity (Wildman–Crippen MR) is 80.4 cm³/mol. The summed E-state index contributed by atoms with van der Waals surface area (Å²) < 4.78 is 27.7. The number of halogens is 3. The van der Waals surface area contributed by atoms with Crippen LogP contribution in [0.5, 0.6) is 0 Å². The molecule has 2 rings (SSSR count). The van der Waals surface area contributed by atoms with Crippen molar-refractivity contribution in [1.82, 2.24) is 4.98 Å². The Morgan fingerprint density at radius 1 is 1.33 bits per heavy atom. The molecular formula is C14H12BrF2N3O. The molecule has 1 aromatic carbocycles. The van der Waals surface area contributed by atoms with Crippen molar-refractivity contribution in [3.8, 4) is 0 Å². The van der Waals surface area contributed by atoms with E-state index in [-0.39, 0.29) is 10.0 Å². The molecule has 0 spiro atoms. The minimum Gasteiger partial charge on any atom is -0.385 e. The molecule has 0 saturated heterocycles. The van der Waals surface area contributed by atoms with Gasteiger partial charge in [-0.1, -0.05) is 15.9 Å². The van der Waals surface area contributed by atoms with Crippen molar-refractivity contribution >= 4 is 33.2 Å². The Kier molecular flexibility index (Phi) is 4.85. The molecule has 1 heterocycles. The molecule has 2 aromatic rings. The zero-order valence-corrected chi connectivity index (χ0v) is 12.7. The highest BCUT2D eigenvalue weighted by atomic mass is 79.9. The maximum absolute atomic E-state index is 13.7. The van der Waals surface area contributed by atoms with Gasteiger partial charge in [0.15, 0.2) is 11.6 Å². The SMILES string of the molecule is CCNc1ccncc1C(=O)Nc1c(F)cc(Br)cc1F. The van der Waals surface area contributed by atoms with E-state index in [2.05, 4.69) is 31.5 Å². The maximum Gasteiger partial charge on any atom is 0.259 e. The number of hydrogen-bond acceptors (Lipinski definition) is 3. The number of pyridine rings is 1. The number of hydrogen-bond donors (Lipinski definition) is 2. The predicted octanol–water partition coefficient (Wildman–Crippen LogP) is 3.81. The van der Waals surface area contributed by atoms with Crippen molar-refractivity contribution < 1.29 is 13.6 Å².